The van der Waals surface area contributed by atoms with Crippen molar-refractivity contribution in [3.8, 4) is 11.5 Å². The number of ether oxygens (including phenoxy) is 1. The van der Waals surface area contributed by atoms with Gasteiger partial charge in [-0.05, 0) is 48.0 Å². The van der Waals surface area contributed by atoms with E-state index < -0.39 is 0 Å². The molecular formula is C23H18N2O2S2. The number of para-hydroxylation sites is 1. The second-order valence-electron chi connectivity index (χ2n) is 6.29. The number of benzene rings is 3. The fourth-order valence-corrected chi connectivity index (χ4v) is 4.03. The molecule has 4 nitrogen and oxygen atoms in total. The van der Waals surface area contributed by atoms with Crippen molar-refractivity contribution in [1.82, 2.24) is 4.90 Å². The summed E-state index contributed by atoms with van der Waals surface area (Å²) in [6.07, 6.45) is 1.87. The van der Waals surface area contributed by atoms with Gasteiger partial charge in [0.1, 0.15) is 15.8 Å². The van der Waals surface area contributed by atoms with Crippen LogP contribution in [0.15, 0.2) is 89.8 Å². The Morgan fingerprint density at radius 1 is 0.897 bits per heavy atom. The van der Waals surface area contributed by atoms with E-state index in [1.165, 1.54) is 11.8 Å². The quantitative estimate of drug-likeness (QED) is 0.408. The van der Waals surface area contributed by atoms with Gasteiger partial charge in [0.2, 0.25) is 0 Å². The van der Waals surface area contributed by atoms with Gasteiger partial charge in [-0.15, -0.1) is 0 Å². The summed E-state index contributed by atoms with van der Waals surface area (Å²) in [6.45, 7) is 0.315. The van der Waals surface area contributed by atoms with Gasteiger partial charge >= 0.3 is 0 Å². The van der Waals surface area contributed by atoms with E-state index >= 15 is 0 Å². The zero-order valence-corrected chi connectivity index (χ0v) is 17.1. The number of nitrogens with zero attached hydrogens (tertiary/aromatic N) is 1. The van der Waals surface area contributed by atoms with Crippen LogP contribution in [-0.4, -0.2) is 21.8 Å². The summed E-state index contributed by atoms with van der Waals surface area (Å²) in [4.78, 5) is 14.9. The molecule has 1 N–H and O–H groups in total. The maximum atomic E-state index is 12.7. The topological polar surface area (TPSA) is 41.6 Å². The monoisotopic (exact) mass is 418 g/mol. The van der Waals surface area contributed by atoms with E-state index in [1.807, 2.05) is 91.0 Å². The summed E-state index contributed by atoms with van der Waals surface area (Å²) in [5.41, 5.74) is 1.86. The van der Waals surface area contributed by atoms with Crippen LogP contribution in [0, 0.1) is 0 Å². The minimum absolute atomic E-state index is 0.0830. The summed E-state index contributed by atoms with van der Waals surface area (Å²) >= 11 is 6.71. The minimum atomic E-state index is -0.0830. The lowest BCUT2D eigenvalue weighted by Crippen LogP contribution is -2.33. The van der Waals surface area contributed by atoms with Crippen LogP contribution < -0.4 is 10.1 Å². The predicted octanol–water partition coefficient (Wildman–Crippen LogP) is 5.75. The van der Waals surface area contributed by atoms with Crippen molar-refractivity contribution in [3.05, 3.63) is 95.4 Å². The molecule has 0 atom stereocenters. The first-order chi connectivity index (χ1) is 14.2. The van der Waals surface area contributed by atoms with Crippen LogP contribution in [0.5, 0.6) is 11.5 Å². The smallest absolute Gasteiger partial charge is 0.267 e. The molecule has 0 saturated carbocycles. The van der Waals surface area contributed by atoms with Crippen molar-refractivity contribution in [1.29, 1.82) is 0 Å². The number of thiocarbonyl (C=S) groups is 1. The Balaban J connectivity index is 1.37. The molecule has 1 fully saturated rings. The van der Waals surface area contributed by atoms with E-state index in [-0.39, 0.29) is 5.91 Å². The summed E-state index contributed by atoms with van der Waals surface area (Å²) in [7, 11) is 0. The van der Waals surface area contributed by atoms with E-state index in [1.54, 1.807) is 4.90 Å². The summed E-state index contributed by atoms with van der Waals surface area (Å²) in [6, 6.07) is 27.0. The molecule has 1 aliphatic rings. The van der Waals surface area contributed by atoms with Crippen molar-refractivity contribution >= 4 is 46.0 Å². The van der Waals surface area contributed by atoms with Crippen LogP contribution in [-0.2, 0) is 4.79 Å². The first-order valence-electron chi connectivity index (χ1n) is 9.06. The third-order valence-corrected chi connectivity index (χ3v) is 5.62. The number of hydrogen-bond donors (Lipinski definition) is 1. The standard InChI is InChI=1S/C23H18N2O2S2/c26-22-21(15-17-7-3-1-4-8-17)29-23(28)25(22)16-24-18-11-13-20(14-12-18)27-19-9-5-2-6-10-19/h1-15,24H,16H2/b21-15+. The number of hydrogen-bond acceptors (Lipinski definition) is 5. The lowest BCUT2D eigenvalue weighted by Gasteiger charge is -2.16. The lowest BCUT2D eigenvalue weighted by atomic mass is 10.2. The molecule has 0 spiro atoms. The van der Waals surface area contributed by atoms with E-state index in [4.69, 9.17) is 17.0 Å². The van der Waals surface area contributed by atoms with Crippen LogP contribution in [0.4, 0.5) is 5.69 Å². The van der Waals surface area contributed by atoms with Crippen LogP contribution in [0.25, 0.3) is 6.08 Å². The van der Waals surface area contributed by atoms with Gasteiger partial charge in [-0.1, -0.05) is 72.5 Å². The molecular weight excluding hydrogens is 400 g/mol. The normalized spacial score (nSPS) is 15.0. The number of rotatable bonds is 6. The third kappa shape index (κ3) is 4.85. The maximum Gasteiger partial charge on any atom is 0.267 e. The Morgan fingerprint density at radius 3 is 2.21 bits per heavy atom. The molecule has 29 heavy (non-hydrogen) atoms. The van der Waals surface area contributed by atoms with Crippen molar-refractivity contribution < 1.29 is 9.53 Å². The van der Waals surface area contributed by atoms with E-state index in [2.05, 4.69) is 5.32 Å². The Hall–Kier alpha value is -3.09. The SMILES string of the molecule is O=C1/C(=C\c2ccccc2)SC(=S)N1CNc1ccc(Oc2ccccc2)cc1. The summed E-state index contributed by atoms with van der Waals surface area (Å²) in [5.74, 6) is 1.45. The zero-order valence-electron chi connectivity index (χ0n) is 15.4. The van der Waals surface area contributed by atoms with E-state index in [9.17, 15) is 4.79 Å². The molecule has 6 heteroatoms. The van der Waals surface area contributed by atoms with Gasteiger partial charge in [-0.25, -0.2) is 0 Å². The first-order valence-corrected chi connectivity index (χ1v) is 10.3. The highest BCUT2D eigenvalue weighted by molar-refractivity contribution is 8.26. The van der Waals surface area contributed by atoms with Crippen LogP contribution in [0.3, 0.4) is 0 Å². The fourth-order valence-electron chi connectivity index (χ4n) is 2.77. The molecule has 0 bridgehead atoms. The molecule has 3 aromatic rings. The molecule has 0 radical (unpaired) electrons. The number of thioether (sulfide) groups is 1. The molecule has 4 rings (SSSR count). The highest BCUT2D eigenvalue weighted by Gasteiger charge is 2.31. The second kappa shape index (κ2) is 8.94. The number of anilines is 1. The predicted molar refractivity (Wildman–Crippen MR) is 123 cm³/mol. The number of amides is 1. The van der Waals surface area contributed by atoms with Gasteiger partial charge in [-0.2, -0.15) is 0 Å². The van der Waals surface area contributed by atoms with Gasteiger partial charge in [-0.3, -0.25) is 9.69 Å². The van der Waals surface area contributed by atoms with Gasteiger partial charge in [0, 0.05) is 5.69 Å². The van der Waals surface area contributed by atoms with Crippen LogP contribution in [0.2, 0.25) is 0 Å². The zero-order chi connectivity index (χ0) is 20.1. The average Bonchev–Trinajstić information content (AvgIpc) is 3.01. The molecule has 1 heterocycles. The third-order valence-electron chi connectivity index (χ3n) is 4.25. The first kappa shape index (κ1) is 19.2. The molecule has 144 valence electrons. The molecule has 0 aliphatic carbocycles. The number of carbonyl (C=O) groups excluding carboxylic acids is 1. The highest BCUT2D eigenvalue weighted by Crippen LogP contribution is 2.32. The van der Waals surface area contributed by atoms with E-state index in [0.29, 0.717) is 15.9 Å². The largest absolute Gasteiger partial charge is 0.457 e. The van der Waals surface area contributed by atoms with Gasteiger partial charge < -0.3 is 10.1 Å². The van der Waals surface area contributed by atoms with Crippen molar-refractivity contribution in [2.75, 3.05) is 12.0 Å². The fraction of sp³-hybridized carbons (Fsp3) is 0.0435. The molecule has 0 unspecified atom stereocenters. The maximum absolute atomic E-state index is 12.7. The van der Waals surface area contributed by atoms with Crippen molar-refractivity contribution in [2.24, 2.45) is 0 Å². The summed E-state index contributed by atoms with van der Waals surface area (Å²) < 4.78 is 6.34. The number of nitrogens with one attached hydrogen (secondary N) is 1. The van der Waals surface area contributed by atoms with Gasteiger partial charge in [0.05, 0.1) is 11.6 Å². The Bertz CT molecular complexity index is 1040. The molecule has 1 aliphatic heterocycles. The van der Waals surface area contributed by atoms with Gasteiger partial charge in [0.15, 0.2) is 0 Å². The van der Waals surface area contributed by atoms with Crippen LogP contribution in [0.1, 0.15) is 5.56 Å². The molecule has 1 saturated heterocycles. The van der Waals surface area contributed by atoms with E-state index in [0.717, 1.165) is 22.7 Å². The summed E-state index contributed by atoms with van der Waals surface area (Å²) in [5, 5.41) is 3.24. The second-order valence-corrected chi connectivity index (χ2v) is 7.97. The van der Waals surface area contributed by atoms with Crippen molar-refractivity contribution in [3.63, 3.8) is 0 Å². The molecule has 0 aromatic heterocycles. The Morgan fingerprint density at radius 2 is 1.52 bits per heavy atom. The molecule has 1 amide bonds. The minimum Gasteiger partial charge on any atom is -0.457 e. The Labute approximate surface area is 179 Å². The van der Waals surface area contributed by atoms with Crippen LogP contribution >= 0.6 is 24.0 Å². The van der Waals surface area contributed by atoms with Gasteiger partial charge in [0.25, 0.3) is 5.91 Å². The number of carbonyl (C=O) groups is 1. The Kier molecular flexibility index (Phi) is 5.93. The lowest BCUT2D eigenvalue weighted by molar-refractivity contribution is -0.121. The highest BCUT2D eigenvalue weighted by atomic mass is 32.2. The van der Waals surface area contributed by atoms with Crippen molar-refractivity contribution in [2.45, 2.75) is 0 Å². The molecule has 3 aromatic carbocycles. The average molecular weight is 419 g/mol.